The fourth-order valence-corrected chi connectivity index (χ4v) is 2.72. The number of halogens is 2. The third-order valence-electron chi connectivity index (χ3n) is 3.17. The number of aromatic nitrogens is 3. The molecule has 3 aromatic rings. The number of thioether (sulfide) groups is 1. The van der Waals surface area contributed by atoms with Crippen molar-refractivity contribution in [2.45, 2.75) is 5.03 Å². The lowest BCUT2D eigenvalue weighted by Crippen LogP contribution is -2.14. The summed E-state index contributed by atoms with van der Waals surface area (Å²) in [5.41, 5.74) is 2.00. The molecule has 1 N–H and O–H groups in total. The average molecular weight is 375 g/mol. The third-order valence-corrected chi connectivity index (χ3v) is 4.40. The first kappa shape index (κ1) is 17.3. The SMILES string of the molecule is O=C(CSc1ccc(-c2ccncc2)nn1)Nc1ccc(Cl)c(F)c1. The number of carbonyl (C=O) groups is 1. The van der Waals surface area contributed by atoms with Crippen molar-refractivity contribution in [1.82, 2.24) is 15.2 Å². The second kappa shape index (κ2) is 8.04. The summed E-state index contributed by atoms with van der Waals surface area (Å²) in [7, 11) is 0. The number of amides is 1. The molecule has 5 nitrogen and oxygen atoms in total. The van der Waals surface area contributed by atoms with E-state index in [4.69, 9.17) is 11.6 Å². The number of hydrogen-bond donors (Lipinski definition) is 1. The maximum absolute atomic E-state index is 13.3. The molecular weight excluding hydrogens is 363 g/mol. The Labute approximate surface area is 152 Å². The lowest BCUT2D eigenvalue weighted by Gasteiger charge is -2.06. The molecule has 0 saturated carbocycles. The van der Waals surface area contributed by atoms with Crippen LogP contribution < -0.4 is 5.32 Å². The van der Waals surface area contributed by atoms with Gasteiger partial charge < -0.3 is 5.32 Å². The van der Waals surface area contributed by atoms with Crippen LogP contribution in [0.4, 0.5) is 10.1 Å². The van der Waals surface area contributed by atoms with Crippen molar-refractivity contribution in [1.29, 1.82) is 0 Å². The average Bonchev–Trinajstić information content (AvgIpc) is 2.64. The van der Waals surface area contributed by atoms with E-state index in [1.54, 1.807) is 18.5 Å². The molecule has 0 bridgehead atoms. The number of carbonyl (C=O) groups excluding carboxylic acids is 1. The molecule has 8 heteroatoms. The number of hydrogen-bond acceptors (Lipinski definition) is 5. The molecule has 2 aromatic heterocycles. The molecule has 0 spiro atoms. The van der Waals surface area contributed by atoms with E-state index in [1.807, 2.05) is 18.2 Å². The fraction of sp³-hybridized carbons (Fsp3) is 0.0588. The number of nitrogens with zero attached hydrogens (tertiary/aromatic N) is 3. The summed E-state index contributed by atoms with van der Waals surface area (Å²) >= 11 is 6.85. The van der Waals surface area contributed by atoms with E-state index in [0.29, 0.717) is 10.7 Å². The van der Waals surface area contributed by atoms with Gasteiger partial charge in [-0.05, 0) is 42.5 Å². The van der Waals surface area contributed by atoms with Crippen LogP contribution in [0.3, 0.4) is 0 Å². The van der Waals surface area contributed by atoms with Crippen LogP contribution in [0.2, 0.25) is 5.02 Å². The lowest BCUT2D eigenvalue weighted by molar-refractivity contribution is -0.113. The lowest BCUT2D eigenvalue weighted by atomic mass is 10.2. The normalized spacial score (nSPS) is 10.5. The van der Waals surface area contributed by atoms with Gasteiger partial charge in [0.25, 0.3) is 0 Å². The first-order valence-electron chi connectivity index (χ1n) is 7.23. The topological polar surface area (TPSA) is 67.8 Å². The molecule has 126 valence electrons. The summed E-state index contributed by atoms with van der Waals surface area (Å²) in [6.07, 6.45) is 3.37. The highest BCUT2D eigenvalue weighted by Gasteiger charge is 2.08. The van der Waals surface area contributed by atoms with Gasteiger partial charge in [0.05, 0.1) is 16.5 Å². The molecule has 25 heavy (non-hydrogen) atoms. The minimum absolute atomic E-state index is 0.0111. The molecule has 0 aliphatic heterocycles. The summed E-state index contributed by atoms with van der Waals surface area (Å²) in [5, 5.41) is 11.5. The molecule has 2 heterocycles. The van der Waals surface area contributed by atoms with E-state index in [2.05, 4.69) is 20.5 Å². The van der Waals surface area contributed by atoms with Gasteiger partial charge in [0.1, 0.15) is 10.8 Å². The van der Waals surface area contributed by atoms with Gasteiger partial charge in [-0.2, -0.15) is 0 Å². The zero-order valence-electron chi connectivity index (χ0n) is 12.8. The van der Waals surface area contributed by atoms with Gasteiger partial charge in [-0.3, -0.25) is 9.78 Å². The predicted molar refractivity (Wildman–Crippen MR) is 96.0 cm³/mol. The smallest absolute Gasteiger partial charge is 0.234 e. The van der Waals surface area contributed by atoms with E-state index >= 15 is 0 Å². The van der Waals surface area contributed by atoms with Gasteiger partial charge in [0, 0.05) is 23.6 Å². The highest BCUT2D eigenvalue weighted by Crippen LogP contribution is 2.21. The Morgan fingerprint density at radius 1 is 1.12 bits per heavy atom. The van der Waals surface area contributed by atoms with Crippen molar-refractivity contribution < 1.29 is 9.18 Å². The molecular formula is C17H12ClFN4OS. The molecule has 0 radical (unpaired) electrons. The highest BCUT2D eigenvalue weighted by molar-refractivity contribution is 7.99. The molecule has 0 aliphatic rings. The number of nitrogens with one attached hydrogen (secondary N) is 1. The Kier molecular flexibility index (Phi) is 5.57. The minimum atomic E-state index is -0.579. The molecule has 1 aromatic carbocycles. The summed E-state index contributed by atoms with van der Waals surface area (Å²) in [6.45, 7) is 0. The van der Waals surface area contributed by atoms with Gasteiger partial charge in [-0.25, -0.2) is 4.39 Å². The largest absolute Gasteiger partial charge is 0.325 e. The van der Waals surface area contributed by atoms with Gasteiger partial charge in [-0.1, -0.05) is 23.4 Å². The summed E-state index contributed by atoms with van der Waals surface area (Å²) in [4.78, 5) is 15.9. The maximum Gasteiger partial charge on any atom is 0.234 e. The van der Waals surface area contributed by atoms with Gasteiger partial charge in [0.15, 0.2) is 0 Å². The summed E-state index contributed by atoms with van der Waals surface area (Å²) in [5.74, 6) is -0.718. The Bertz CT molecular complexity index is 878. The Balaban J connectivity index is 1.56. The van der Waals surface area contributed by atoms with Crippen LogP contribution in [-0.2, 0) is 4.79 Å². The number of benzene rings is 1. The zero-order chi connectivity index (χ0) is 17.6. The van der Waals surface area contributed by atoms with Crippen molar-refractivity contribution in [3.05, 3.63) is 65.7 Å². The highest BCUT2D eigenvalue weighted by atomic mass is 35.5. The number of pyridine rings is 1. The van der Waals surface area contributed by atoms with Crippen molar-refractivity contribution in [2.24, 2.45) is 0 Å². The van der Waals surface area contributed by atoms with Crippen LogP contribution in [0.1, 0.15) is 0 Å². The van der Waals surface area contributed by atoms with Crippen LogP contribution in [-0.4, -0.2) is 26.8 Å². The maximum atomic E-state index is 13.3. The Morgan fingerprint density at radius 3 is 2.60 bits per heavy atom. The Morgan fingerprint density at radius 2 is 1.92 bits per heavy atom. The van der Waals surface area contributed by atoms with E-state index in [0.717, 1.165) is 11.3 Å². The van der Waals surface area contributed by atoms with E-state index in [9.17, 15) is 9.18 Å². The molecule has 0 atom stereocenters. The van der Waals surface area contributed by atoms with E-state index < -0.39 is 5.82 Å². The van der Waals surface area contributed by atoms with Crippen molar-refractivity contribution in [2.75, 3.05) is 11.1 Å². The van der Waals surface area contributed by atoms with E-state index in [-0.39, 0.29) is 16.7 Å². The molecule has 0 unspecified atom stereocenters. The zero-order valence-corrected chi connectivity index (χ0v) is 14.4. The minimum Gasteiger partial charge on any atom is -0.325 e. The first-order valence-corrected chi connectivity index (χ1v) is 8.60. The third kappa shape index (κ3) is 4.74. The first-order chi connectivity index (χ1) is 12.1. The van der Waals surface area contributed by atoms with Crippen molar-refractivity contribution >= 4 is 35.0 Å². The second-order valence-corrected chi connectivity index (χ2v) is 6.36. The Hall–Kier alpha value is -2.51. The van der Waals surface area contributed by atoms with Crippen LogP contribution in [0.5, 0.6) is 0 Å². The van der Waals surface area contributed by atoms with Gasteiger partial charge in [0.2, 0.25) is 5.91 Å². The monoisotopic (exact) mass is 374 g/mol. The molecule has 0 saturated heterocycles. The van der Waals surface area contributed by atoms with Crippen LogP contribution in [0, 0.1) is 5.82 Å². The summed E-state index contributed by atoms with van der Waals surface area (Å²) in [6, 6.07) is 11.4. The number of rotatable bonds is 5. The van der Waals surface area contributed by atoms with Gasteiger partial charge in [-0.15, -0.1) is 10.2 Å². The van der Waals surface area contributed by atoms with Crippen molar-refractivity contribution in [3.63, 3.8) is 0 Å². The van der Waals surface area contributed by atoms with Crippen LogP contribution in [0.25, 0.3) is 11.3 Å². The molecule has 0 fully saturated rings. The van der Waals surface area contributed by atoms with Crippen molar-refractivity contribution in [3.8, 4) is 11.3 Å². The predicted octanol–water partition coefficient (Wildman–Crippen LogP) is 4.06. The second-order valence-electron chi connectivity index (χ2n) is 4.96. The van der Waals surface area contributed by atoms with Gasteiger partial charge >= 0.3 is 0 Å². The number of anilines is 1. The summed E-state index contributed by atoms with van der Waals surface area (Å²) < 4.78 is 13.3. The fourth-order valence-electron chi connectivity index (χ4n) is 1.98. The molecule has 0 aliphatic carbocycles. The molecule has 1 amide bonds. The van der Waals surface area contributed by atoms with Crippen LogP contribution >= 0.6 is 23.4 Å². The standard InChI is InChI=1S/C17H12ClFN4OS/c18-13-2-1-12(9-14(13)19)21-16(24)10-25-17-4-3-15(22-23-17)11-5-7-20-8-6-11/h1-9H,10H2,(H,21,24). The van der Waals surface area contributed by atoms with Crippen LogP contribution in [0.15, 0.2) is 59.9 Å². The molecule has 3 rings (SSSR count). The quantitative estimate of drug-likeness (QED) is 0.682. The van der Waals surface area contributed by atoms with E-state index in [1.165, 1.54) is 30.0 Å².